The summed E-state index contributed by atoms with van der Waals surface area (Å²) in [5.41, 5.74) is 0.689. The van der Waals surface area contributed by atoms with E-state index in [1.807, 2.05) is 0 Å². The number of nitrogens with zero attached hydrogens (tertiary/aromatic N) is 2. The van der Waals surface area contributed by atoms with E-state index in [1.54, 1.807) is 37.1 Å². The van der Waals surface area contributed by atoms with Crippen molar-refractivity contribution in [3.8, 4) is 0 Å². The Bertz CT molecular complexity index is 684. The van der Waals surface area contributed by atoms with Gasteiger partial charge in [0.25, 0.3) is 0 Å². The Morgan fingerprint density at radius 3 is 2.85 bits per heavy atom. The minimum Gasteiger partial charge on any atom is -0.336 e. The van der Waals surface area contributed by atoms with Crippen LogP contribution < -0.4 is 4.72 Å². The molecule has 0 bridgehead atoms. The van der Waals surface area contributed by atoms with Crippen LogP contribution in [0.3, 0.4) is 0 Å². The summed E-state index contributed by atoms with van der Waals surface area (Å²) in [6, 6.07) is 3.63. The van der Waals surface area contributed by atoms with Crippen LogP contribution in [0.25, 0.3) is 0 Å². The smallest absolute Gasteiger partial charge is 0.243 e. The van der Waals surface area contributed by atoms with Crippen molar-refractivity contribution >= 4 is 10.0 Å². The van der Waals surface area contributed by atoms with E-state index in [-0.39, 0.29) is 10.9 Å². The predicted octanol–water partition coefficient (Wildman–Crippen LogP) is 1.70. The van der Waals surface area contributed by atoms with Crippen LogP contribution in [0.5, 0.6) is 0 Å². The highest BCUT2D eigenvalue weighted by Crippen LogP contribution is 2.16. The van der Waals surface area contributed by atoms with Gasteiger partial charge in [0, 0.05) is 25.0 Å². The minimum atomic E-state index is -3.87. The first-order chi connectivity index (χ1) is 9.38. The van der Waals surface area contributed by atoms with Gasteiger partial charge in [-0.05, 0) is 31.5 Å². The number of hydrogen-bond acceptors (Lipinski definition) is 3. The van der Waals surface area contributed by atoms with Crippen LogP contribution in [-0.4, -0.2) is 24.0 Å². The zero-order valence-electron chi connectivity index (χ0n) is 11.2. The van der Waals surface area contributed by atoms with Crippen molar-refractivity contribution in [2.75, 3.05) is 0 Å². The van der Waals surface area contributed by atoms with E-state index in [4.69, 9.17) is 0 Å². The SMILES string of the molecule is Cc1ccc(F)c(S(=O)(=O)N[C@H](C)Cn2ccnc2)c1. The van der Waals surface area contributed by atoms with Gasteiger partial charge >= 0.3 is 0 Å². The highest BCUT2D eigenvalue weighted by molar-refractivity contribution is 7.89. The molecule has 1 aromatic heterocycles. The van der Waals surface area contributed by atoms with E-state index in [0.717, 1.165) is 6.07 Å². The van der Waals surface area contributed by atoms with Gasteiger partial charge in [-0.25, -0.2) is 22.5 Å². The summed E-state index contributed by atoms with van der Waals surface area (Å²) in [5, 5.41) is 0. The molecule has 0 aliphatic heterocycles. The number of imidazole rings is 1. The van der Waals surface area contributed by atoms with Gasteiger partial charge in [0.05, 0.1) is 6.33 Å². The second-order valence-electron chi connectivity index (χ2n) is 4.72. The molecule has 2 aromatic rings. The molecule has 1 heterocycles. The Morgan fingerprint density at radius 2 is 2.20 bits per heavy atom. The van der Waals surface area contributed by atoms with E-state index in [9.17, 15) is 12.8 Å². The summed E-state index contributed by atoms with van der Waals surface area (Å²) >= 11 is 0. The lowest BCUT2D eigenvalue weighted by atomic mass is 10.2. The number of hydrogen-bond donors (Lipinski definition) is 1. The molecule has 0 saturated heterocycles. The number of rotatable bonds is 5. The van der Waals surface area contributed by atoms with Gasteiger partial charge in [-0.1, -0.05) is 6.07 Å². The second kappa shape index (κ2) is 5.72. The van der Waals surface area contributed by atoms with Gasteiger partial charge in [-0.15, -0.1) is 0 Å². The van der Waals surface area contributed by atoms with Gasteiger partial charge < -0.3 is 4.57 Å². The number of sulfonamides is 1. The van der Waals surface area contributed by atoms with E-state index >= 15 is 0 Å². The topological polar surface area (TPSA) is 64.0 Å². The summed E-state index contributed by atoms with van der Waals surface area (Å²) in [5.74, 6) is -0.752. The van der Waals surface area contributed by atoms with Gasteiger partial charge in [0.2, 0.25) is 10.0 Å². The van der Waals surface area contributed by atoms with Gasteiger partial charge in [-0.3, -0.25) is 0 Å². The highest BCUT2D eigenvalue weighted by atomic mass is 32.2. The van der Waals surface area contributed by atoms with Crippen molar-refractivity contribution in [3.05, 3.63) is 48.3 Å². The van der Waals surface area contributed by atoms with Crippen LogP contribution in [0, 0.1) is 12.7 Å². The average Bonchev–Trinajstić information content (AvgIpc) is 2.84. The maximum atomic E-state index is 13.7. The lowest BCUT2D eigenvalue weighted by Crippen LogP contribution is -2.35. The van der Waals surface area contributed by atoms with E-state index in [1.165, 1.54) is 12.1 Å². The molecule has 0 aliphatic carbocycles. The second-order valence-corrected chi connectivity index (χ2v) is 6.40. The van der Waals surface area contributed by atoms with Crippen molar-refractivity contribution < 1.29 is 12.8 Å². The Morgan fingerprint density at radius 1 is 1.45 bits per heavy atom. The van der Waals surface area contributed by atoms with Crippen molar-refractivity contribution in [2.24, 2.45) is 0 Å². The van der Waals surface area contributed by atoms with Crippen LogP contribution in [0.15, 0.2) is 41.8 Å². The molecule has 0 aliphatic rings. The molecule has 108 valence electrons. The number of benzene rings is 1. The summed E-state index contributed by atoms with van der Waals surface area (Å²) in [6.07, 6.45) is 4.94. The molecule has 20 heavy (non-hydrogen) atoms. The van der Waals surface area contributed by atoms with Crippen LogP contribution in [-0.2, 0) is 16.6 Å². The molecule has 0 spiro atoms. The summed E-state index contributed by atoms with van der Waals surface area (Å²) < 4.78 is 42.2. The standard InChI is InChI=1S/C13H16FN3O2S/c1-10-3-4-12(14)13(7-10)20(18,19)16-11(2)8-17-6-5-15-9-17/h3-7,9,11,16H,8H2,1-2H3/t11-/m1/s1. The third-order valence-electron chi connectivity index (χ3n) is 2.78. The summed E-state index contributed by atoms with van der Waals surface area (Å²) in [6.45, 7) is 3.85. The Kier molecular flexibility index (Phi) is 4.20. The predicted molar refractivity (Wildman–Crippen MR) is 73.1 cm³/mol. The average molecular weight is 297 g/mol. The molecule has 7 heteroatoms. The first-order valence-corrected chi connectivity index (χ1v) is 7.61. The Balaban J connectivity index is 2.16. The lowest BCUT2D eigenvalue weighted by Gasteiger charge is -2.15. The first kappa shape index (κ1) is 14.7. The highest BCUT2D eigenvalue weighted by Gasteiger charge is 2.21. The molecule has 0 fully saturated rings. The summed E-state index contributed by atoms with van der Waals surface area (Å²) in [4.78, 5) is 3.56. The largest absolute Gasteiger partial charge is 0.336 e. The molecule has 1 aromatic carbocycles. The third kappa shape index (κ3) is 3.43. The fourth-order valence-electron chi connectivity index (χ4n) is 1.89. The molecule has 0 saturated carbocycles. The first-order valence-electron chi connectivity index (χ1n) is 6.13. The minimum absolute atomic E-state index is 0.324. The fraction of sp³-hybridized carbons (Fsp3) is 0.308. The molecule has 0 radical (unpaired) electrons. The number of aryl methyl sites for hydroxylation is 1. The van der Waals surface area contributed by atoms with Crippen LogP contribution >= 0.6 is 0 Å². The summed E-state index contributed by atoms with van der Waals surface area (Å²) in [7, 11) is -3.87. The molecule has 5 nitrogen and oxygen atoms in total. The zero-order chi connectivity index (χ0) is 14.8. The monoisotopic (exact) mass is 297 g/mol. The van der Waals surface area contributed by atoms with E-state index < -0.39 is 15.8 Å². The van der Waals surface area contributed by atoms with Gasteiger partial charge in [0.15, 0.2) is 0 Å². The van der Waals surface area contributed by atoms with Crippen molar-refractivity contribution in [2.45, 2.75) is 31.3 Å². The maximum absolute atomic E-state index is 13.7. The molecule has 0 unspecified atom stereocenters. The van der Waals surface area contributed by atoms with Crippen LogP contribution in [0.1, 0.15) is 12.5 Å². The molecule has 2 rings (SSSR count). The molecule has 0 amide bonds. The Labute approximate surface area is 117 Å². The van der Waals surface area contributed by atoms with Crippen molar-refractivity contribution in [1.82, 2.24) is 14.3 Å². The fourth-order valence-corrected chi connectivity index (χ4v) is 3.29. The van der Waals surface area contributed by atoms with Gasteiger partial charge in [0.1, 0.15) is 10.7 Å². The van der Waals surface area contributed by atoms with Crippen LogP contribution in [0.2, 0.25) is 0 Å². The van der Waals surface area contributed by atoms with Gasteiger partial charge in [-0.2, -0.15) is 0 Å². The molecule has 1 N–H and O–H groups in total. The molecule has 1 atom stereocenters. The number of halogens is 1. The van der Waals surface area contributed by atoms with Crippen LogP contribution in [0.4, 0.5) is 4.39 Å². The normalized spacial score (nSPS) is 13.3. The molecular formula is C13H16FN3O2S. The quantitative estimate of drug-likeness (QED) is 0.913. The van der Waals surface area contributed by atoms with Crippen molar-refractivity contribution in [3.63, 3.8) is 0 Å². The number of nitrogens with one attached hydrogen (secondary N) is 1. The van der Waals surface area contributed by atoms with E-state index in [0.29, 0.717) is 12.1 Å². The molecular weight excluding hydrogens is 281 g/mol. The Hall–Kier alpha value is -1.73. The zero-order valence-corrected chi connectivity index (χ0v) is 12.1. The van der Waals surface area contributed by atoms with E-state index in [2.05, 4.69) is 9.71 Å². The van der Waals surface area contributed by atoms with Crippen molar-refractivity contribution in [1.29, 1.82) is 0 Å². The lowest BCUT2D eigenvalue weighted by molar-refractivity contribution is 0.513. The number of aromatic nitrogens is 2. The third-order valence-corrected chi connectivity index (χ3v) is 4.38. The maximum Gasteiger partial charge on any atom is 0.243 e.